The number of rotatable bonds is 0. The van der Waals surface area contributed by atoms with E-state index >= 15 is 0 Å². The quantitative estimate of drug-likeness (QED) is 0.487. The summed E-state index contributed by atoms with van der Waals surface area (Å²) in [5.41, 5.74) is 0. The van der Waals surface area contributed by atoms with Crippen LogP contribution >= 0.6 is 20.3 Å². The van der Waals surface area contributed by atoms with Crippen LogP contribution in [0.5, 0.6) is 0 Å². The van der Waals surface area contributed by atoms with E-state index in [0.29, 0.717) is 0 Å². The Kier molecular flexibility index (Phi) is 1.87. The van der Waals surface area contributed by atoms with Crippen LogP contribution < -0.4 is 0 Å². The van der Waals surface area contributed by atoms with E-state index in [1.807, 2.05) is 0 Å². The fourth-order valence-electron chi connectivity index (χ4n) is 0.177. The molecular weight excluding hydrogens is 313 g/mol. The van der Waals surface area contributed by atoms with Crippen LogP contribution in [0.4, 0.5) is 0 Å². The van der Waals surface area contributed by atoms with Crippen molar-refractivity contribution in [1.29, 1.82) is 26.3 Å². The minimum absolute atomic E-state index is 1.10. The van der Waals surface area contributed by atoms with Crippen molar-refractivity contribution in [1.82, 2.24) is 0 Å². The average Bonchev–Trinajstić information content (AvgIpc) is 2.19. The molecule has 7 heteroatoms. The third kappa shape index (κ3) is 0.918. The number of hydrogen-bond acceptors (Lipinski definition) is 5. The second-order valence-electron chi connectivity index (χ2n) is 1.61. The zero-order chi connectivity index (χ0) is 9.94. The van der Waals surface area contributed by atoms with Gasteiger partial charge < -0.3 is 0 Å². The summed E-state index contributed by atoms with van der Waals surface area (Å²) in [5.74, 6) is 0. The molecule has 0 saturated carbocycles. The maximum absolute atomic E-state index is 8.60. The number of halogens is 1. The van der Waals surface area contributed by atoms with Gasteiger partial charge in [-0.15, -0.1) is 0 Å². The first-order chi connectivity index (χ1) is 5.39. The Bertz CT molecular complexity index is 352. The molecule has 0 aliphatic carbocycles. The molecule has 0 N–H and O–H groups in total. The maximum atomic E-state index is 8.60. The van der Waals surface area contributed by atoms with E-state index in [2.05, 4.69) is 0 Å². The number of nitrogens with zero attached hydrogens (tertiary/aromatic N) is 5. The second-order valence-corrected chi connectivity index (χ2v) is 14.5. The van der Waals surface area contributed by atoms with E-state index < -0.39 is 7.48 Å². The molecule has 0 unspecified atom stereocenters. The third-order valence-corrected chi connectivity index (χ3v) is 7.39. The Hall–Kier alpha value is -1.30. The van der Waals surface area contributed by atoms with Crippen molar-refractivity contribution in [2.75, 3.05) is 0 Å². The molecule has 0 aliphatic heterocycles. The van der Waals surface area contributed by atoms with Gasteiger partial charge in [0.25, 0.3) is 0 Å². The van der Waals surface area contributed by atoms with Crippen LogP contribution in [0.1, 0.15) is 0 Å². The zero-order valence-corrected chi connectivity index (χ0v) is 8.73. The normalized spacial score (nSPS) is 14.3. The van der Waals surface area contributed by atoms with Crippen LogP contribution in [0.15, 0.2) is 0 Å². The predicted molar refractivity (Wildman–Crippen MR) is 42.1 cm³/mol. The Morgan fingerprint density at radius 3 is 0.833 bits per heavy atom. The summed E-state index contributed by atoms with van der Waals surface area (Å²) in [6.45, 7) is 0. The topological polar surface area (TPSA) is 119 Å². The van der Waals surface area contributed by atoms with Crippen molar-refractivity contribution in [3.8, 4) is 24.8 Å². The van der Waals surface area contributed by atoms with Gasteiger partial charge in [0.05, 0.1) is 0 Å². The van der Waals surface area contributed by atoms with Crippen LogP contribution in [0, 0.1) is 51.1 Å². The van der Waals surface area contributed by atoms with Crippen molar-refractivity contribution < 1.29 is 7.48 Å². The Morgan fingerprint density at radius 2 is 0.833 bits per heavy atom. The Morgan fingerprint density at radius 1 is 0.667 bits per heavy atom. The molecule has 0 heterocycles. The molecule has 0 aliphatic rings. The third-order valence-electron chi connectivity index (χ3n) is 0.940. The summed E-state index contributed by atoms with van der Waals surface area (Å²) in [6, 6.07) is 0. The summed E-state index contributed by atoms with van der Waals surface area (Å²) in [6.07, 6.45) is 0. The molecule has 0 radical (unpaired) electrons. The minimum atomic E-state index is -5.46. The molecule has 0 bridgehead atoms. The molecular formula is C5FeIN5. The SMILES string of the molecule is N#[C][Fe]([I])([C]#N)([C]#N)([C]#N)[C]#N. The van der Waals surface area contributed by atoms with E-state index in [1.165, 1.54) is 24.8 Å². The van der Waals surface area contributed by atoms with Crippen LogP contribution in [-0.4, -0.2) is 0 Å². The Balaban J connectivity index is 6.52. The van der Waals surface area contributed by atoms with Crippen molar-refractivity contribution in [3.63, 3.8) is 0 Å². The van der Waals surface area contributed by atoms with E-state index in [9.17, 15) is 0 Å². The van der Waals surface area contributed by atoms with E-state index in [-0.39, 0.29) is 0 Å². The first-order valence-corrected chi connectivity index (χ1v) is 8.46. The summed E-state index contributed by atoms with van der Waals surface area (Å²) in [5, 5.41) is 43.0. The molecule has 0 rings (SSSR count). The summed E-state index contributed by atoms with van der Waals surface area (Å²) >= 11 is 1.10. The molecule has 12 heavy (non-hydrogen) atoms. The van der Waals surface area contributed by atoms with Crippen LogP contribution in [0.3, 0.4) is 0 Å². The number of nitriles is 5. The van der Waals surface area contributed by atoms with E-state index in [0.717, 1.165) is 20.3 Å². The second kappa shape index (κ2) is 2.10. The monoisotopic (exact) mass is 313 g/mol. The van der Waals surface area contributed by atoms with Crippen LogP contribution in [0.2, 0.25) is 0 Å². The van der Waals surface area contributed by atoms with Gasteiger partial charge in [-0.3, -0.25) is 0 Å². The molecule has 0 atom stereocenters. The Labute approximate surface area is 78.7 Å². The van der Waals surface area contributed by atoms with E-state index in [4.69, 9.17) is 26.3 Å². The van der Waals surface area contributed by atoms with Gasteiger partial charge in [0.1, 0.15) is 0 Å². The average molecular weight is 313 g/mol. The molecule has 0 spiro atoms. The van der Waals surface area contributed by atoms with Crippen molar-refractivity contribution >= 4 is 20.3 Å². The first-order valence-electron chi connectivity index (χ1n) is 2.14. The molecule has 0 fully saturated rings. The summed E-state index contributed by atoms with van der Waals surface area (Å²) in [7, 11) is -5.46. The van der Waals surface area contributed by atoms with Crippen LogP contribution in [0.25, 0.3) is 0 Å². The van der Waals surface area contributed by atoms with Crippen molar-refractivity contribution in [2.45, 2.75) is 0 Å². The van der Waals surface area contributed by atoms with Crippen LogP contribution in [-0.2, 0) is 7.48 Å². The summed E-state index contributed by atoms with van der Waals surface area (Å²) < 4.78 is 0. The predicted octanol–water partition coefficient (Wildman–Crippen LogP) is 0.967. The van der Waals surface area contributed by atoms with Crippen molar-refractivity contribution in [3.05, 3.63) is 0 Å². The molecule has 5 nitrogen and oxygen atoms in total. The molecule has 60 valence electrons. The molecule has 0 aromatic heterocycles. The van der Waals surface area contributed by atoms with Gasteiger partial charge in [0.2, 0.25) is 0 Å². The van der Waals surface area contributed by atoms with Gasteiger partial charge in [0.15, 0.2) is 0 Å². The molecule has 0 aromatic rings. The molecule has 0 aromatic carbocycles. The van der Waals surface area contributed by atoms with Gasteiger partial charge in [0, 0.05) is 0 Å². The van der Waals surface area contributed by atoms with Gasteiger partial charge in [-0.05, 0) is 0 Å². The first kappa shape index (κ1) is 10.7. The fraction of sp³-hybridized carbons (Fsp3) is 0. The van der Waals surface area contributed by atoms with Gasteiger partial charge >= 0.3 is 79.0 Å². The van der Waals surface area contributed by atoms with Gasteiger partial charge in [-0.1, -0.05) is 0 Å². The zero-order valence-electron chi connectivity index (χ0n) is 5.47. The molecule has 0 saturated heterocycles. The van der Waals surface area contributed by atoms with Crippen molar-refractivity contribution in [2.24, 2.45) is 0 Å². The number of hydrogen-bond donors (Lipinski definition) is 0. The standard InChI is InChI=1S/5CN.Fe.HI/c5*1-2;;/h;;;;;;1H/q;;;;;+1;/p-1. The molecule has 0 amide bonds. The van der Waals surface area contributed by atoms with E-state index in [1.54, 1.807) is 0 Å². The fourth-order valence-corrected chi connectivity index (χ4v) is 0.729. The summed E-state index contributed by atoms with van der Waals surface area (Å²) in [4.78, 5) is 6.46. The van der Waals surface area contributed by atoms with Gasteiger partial charge in [-0.25, -0.2) is 0 Å². The van der Waals surface area contributed by atoms with Gasteiger partial charge in [-0.2, -0.15) is 0 Å².